The van der Waals surface area contributed by atoms with Crippen LogP contribution in [0.4, 0.5) is 0 Å². The van der Waals surface area contributed by atoms with Crippen molar-refractivity contribution in [1.82, 2.24) is 9.62 Å². The molecule has 2 atom stereocenters. The number of amides is 1. The number of morpholine rings is 1. The fourth-order valence-corrected chi connectivity index (χ4v) is 9.40. The van der Waals surface area contributed by atoms with Gasteiger partial charge >= 0.3 is 0 Å². The molecule has 2 aromatic carbocycles. The summed E-state index contributed by atoms with van der Waals surface area (Å²) in [5, 5.41) is 3.24. The Balaban J connectivity index is 1.15. The molecular weight excluding hydrogens is 472 g/mol. The Kier molecular flexibility index (Phi) is 6.01. The van der Waals surface area contributed by atoms with Crippen LogP contribution in [0.3, 0.4) is 0 Å². The summed E-state index contributed by atoms with van der Waals surface area (Å²) in [6.45, 7) is 4.38. The number of aryl methyl sites for hydroxylation is 1. The number of carbonyl (C=O) groups excluding carboxylic acids is 1. The minimum Gasteiger partial charge on any atom is -0.379 e. The molecular formula is C29H36N2O4S. The van der Waals surface area contributed by atoms with Crippen molar-refractivity contribution in [2.24, 2.45) is 17.3 Å². The molecule has 192 valence electrons. The molecule has 0 aromatic heterocycles. The first kappa shape index (κ1) is 24.1. The van der Waals surface area contributed by atoms with Crippen LogP contribution in [0.5, 0.6) is 0 Å². The third kappa shape index (κ3) is 4.29. The van der Waals surface area contributed by atoms with E-state index < -0.39 is 10.0 Å². The number of benzene rings is 2. The van der Waals surface area contributed by atoms with Crippen molar-refractivity contribution >= 4 is 15.9 Å². The second-order valence-electron chi connectivity index (χ2n) is 11.8. The monoisotopic (exact) mass is 508 g/mol. The number of rotatable bonds is 6. The van der Waals surface area contributed by atoms with Gasteiger partial charge in [-0.2, -0.15) is 4.31 Å². The highest BCUT2D eigenvalue weighted by molar-refractivity contribution is 7.89. The van der Waals surface area contributed by atoms with Gasteiger partial charge < -0.3 is 10.1 Å². The molecule has 0 radical (unpaired) electrons. The van der Waals surface area contributed by atoms with E-state index in [0.29, 0.717) is 38.4 Å². The van der Waals surface area contributed by atoms with Crippen LogP contribution in [0, 0.1) is 24.2 Å². The molecule has 1 N–H and O–H groups in total. The molecule has 1 heterocycles. The van der Waals surface area contributed by atoms with Crippen LogP contribution in [0.15, 0.2) is 53.4 Å². The number of nitrogens with one attached hydrogen (secondary N) is 1. The van der Waals surface area contributed by atoms with E-state index in [1.807, 2.05) is 0 Å². The van der Waals surface area contributed by atoms with E-state index in [9.17, 15) is 13.2 Å². The normalized spacial score (nSPS) is 31.9. The molecule has 7 rings (SSSR count). The molecule has 1 aliphatic heterocycles. The molecule has 5 fully saturated rings. The van der Waals surface area contributed by atoms with Crippen LogP contribution >= 0.6 is 0 Å². The molecule has 1 saturated heterocycles. The maximum Gasteiger partial charge on any atom is 0.251 e. The summed E-state index contributed by atoms with van der Waals surface area (Å²) in [6.07, 6.45) is 7.44. The lowest BCUT2D eigenvalue weighted by Gasteiger charge is -2.62. The summed E-state index contributed by atoms with van der Waals surface area (Å²) in [4.78, 5) is 13.3. The number of nitrogens with zero attached hydrogens (tertiary/aromatic N) is 1. The van der Waals surface area contributed by atoms with Crippen molar-refractivity contribution in [2.75, 3.05) is 32.8 Å². The van der Waals surface area contributed by atoms with E-state index in [2.05, 4.69) is 36.5 Å². The Hall–Kier alpha value is -2.22. The molecule has 2 aromatic rings. The molecule has 0 unspecified atom stereocenters. The van der Waals surface area contributed by atoms with Crippen molar-refractivity contribution < 1.29 is 17.9 Å². The summed E-state index contributed by atoms with van der Waals surface area (Å²) in [6, 6.07) is 15.5. The number of sulfonamides is 1. The van der Waals surface area contributed by atoms with Gasteiger partial charge in [0.25, 0.3) is 5.91 Å². The minimum absolute atomic E-state index is 0.120. The Bertz CT molecular complexity index is 1220. The second-order valence-corrected chi connectivity index (χ2v) is 13.8. The molecule has 4 saturated carbocycles. The quantitative estimate of drug-likeness (QED) is 0.632. The topological polar surface area (TPSA) is 75.7 Å². The summed E-state index contributed by atoms with van der Waals surface area (Å²) >= 11 is 0. The SMILES string of the molecule is Cc1ccc(C23C[C@@H]4C[C@H](CC(CNC(=O)c5ccc(S(=O)(=O)N6CCOCC6)cc5)(C4)C2)C3)cc1. The van der Waals surface area contributed by atoms with E-state index in [0.717, 1.165) is 18.3 Å². The minimum atomic E-state index is -3.56. The number of carbonyl (C=O) groups is 1. The Morgan fingerprint density at radius 1 is 0.972 bits per heavy atom. The first-order valence-corrected chi connectivity index (χ1v) is 14.7. The summed E-state index contributed by atoms with van der Waals surface area (Å²) in [7, 11) is -3.56. The van der Waals surface area contributed by atoms with Crippen LogP contribution in [0.2, 0.25) is 0 Å². The number of hydrogen-bond donors (Lipinski definition) is 1. The molecule has 36 heavy (non-hydrogen) atoms. The van der Waals surface area contributed by atoms with Crippen LogP contribution in [-0.4, -0.2) is 51.5 Å². The number of hydrogen-bond acceptors (Lipinski definition) is 4. The summed E-state index contributed by atoms with van der Waals surface area (Å²) < 4.78 is 32.5. The maximum absolute atomic E-state index is 13.1. The van der Waals surface area contributed by atoms with Crippen LogP contribution in [0.1, 0.15) is 60.0 Å². The lowest BCUT2D eigenvalue weighted by molar-refractivity contribution is -0.0697. The second kappa shape index (κ2) is 8.96. The molecule has 6 nitrogen and oxygen atoms in total. The lowest BCUT2D eigenvalue weighted by atomic mass is 9.43. The van der Waals surface area contributed by atoms with Gasteiger partial charge in [0, 0.05) is 25.2 Å². The van der Waals surface area contributed by atoms with E-state index in [-0.39, 0.29) is 21.6 Å². The van der Waals surface area contributed by atoms with Gasteiger partial charge in [-0.05, 0) is 97.9 Å². The van der Waals surface area contributed by atoms with Crippen molar-refractivity contribution in [3.8, 4) is 0 Å². The van der Waals surface area contributed by atoms with E-state index >= 15 is 0 Å². The van der Waals surface area contributed by atoms with Gasteiger partial charge in [0.15, 0.2) is 0 Å². The fraction of sp³-hybridized carbons (Fsp3) is 0.552. The summed E-state index contributed by atoms with van der Waals surface area (Å²) in [5.41, 5.74) is 3.69. The molecule has 0 spiro atoms. The van der Waals surface area contributed by atoms with Crippen molar-refractivity contribution in [1.29, 1.82) is 0 Å². The van der Waals surface area contributed by atoms with Gasteiger partial charge in [-0.25, -0.2) is 8.42 Å². The standard InChI is InChI=1S/C29H36N2O4S/c1-21-2-6-25(7-3-21)29-17-22-14-23(18-29)16-28(15-22,19-29)20-30-27(32)24-4-8-26(9-5-24)36(33,34)31-10-12-35-13-11-31/h2-9,22-23H,10-20H2,1H3,(H,30,32)/t22-,23-,28?,29?/m1/s1. The summed E-state index contributed by atoms with van der Waals surface area (Å²) in [5.74, 6) is 1.37. The van der Waals surface area contributed by atoms with Gasteiger partial charge in [-0.1, -0.05) is 29.8 Å². The van der Waals surface area contributed by atoms with Crippen LogP contribution < -0.4 is 5.32 Å². The van der Waals surface area contributed by atoms with Crippen molar-refractivity contribution in [3.63, 3.8) is 0 Å². The van der Waals surface area contributed by atoms with Crippen LogP contribution in [0.25, 0.3) is 0 Å². The van der Waals surface area contributed by atoms with Gasteiger partial charge in [0.05, 0.1) is 18.1 Å². The zero-order valence-corrected chi connectivity index (χ0v) is 21.9. The van der Waals surface area contributed by atoms with Crippen LogP contribution in [-0.2, 0) is 20.2 Å². The number of ether oxygens (including phenoxy) is 1. The first-order chi connectivity index (χ1) is 17.3. The van der Waals surface area contributed by atoms with Gasteiger partial charge in [0.2, 0.25) is 10.0 Å². The predicted molar refractivity (Wildman–Crippen MR) is 138 cm³/mol. The van der Waals surface area contributed by atoms with E-state index in [4.69, 9.17) is 4.74 Å². The average molecular weight is 509 g/mol. The Morgan fingerprint density at radius 2 is 1.61 bits per heavy atom. The maximum atomic E-state index is 13.1. The Morgan fingerprint density at radius 3 is 2.25 bits per heavy atom. The van der Waals surface area contributed by atoms with E-state index in [1.165, 1.54) is 47.5 Å². The van der Waals surface area contributed by atoms with Crippen molar-refractivity contribution in [3.05, 3.63) is 65.2 Å². The largest absolute Gasteiger partial charge is 0.379 e. The Labute approximate surface area is 214 Å². The highest BCUT2D eigenvalue weighted by atomic mass is 32.2. The van der Waals surface area contributed by atoms with E-state index in [1.54, 1.807) is 24.3 Å². The molecule has 4 bridgehead atoms. The smallest absolute Gasteiger partial charge is 0.251 e. The molecule has 5 aliphatic rings. The molecule has 4 aliphatic carbocycles. The van der Waals surface area contributed by atoms with Crippen molar-refractivity contribution in [2.45, 2.75) is 55.8 Å². The zero-order valence-electron chi connectivity index (χ0n) is 21.0. The lowest BCUT2D eigenvalue weighted by Crippen LogP contribution is -2.57. The third-order valence-electron chi connectivity index (χ3n) is 9.19. The average Bonchev–Trinajstić information content (AvgIpc) is 2.87. The highest BCUT2D eigenvalue weighted by Gasteiger charge is 2.58. The van der Waals surface area contributed by atoms with Gasteiger partial charge in [-0.15, -0.1) is 0 Å². The van der Waals surface area contributed by atoms with Gasteiger partial charge in [0.1, 0.15) is 0 Å². The molecule has 7 heteroatoms. The predicted octanol–water partition coefficient (Wildman–Crippen LogP) is 4.28. The zero-order chi connectivity index (χ0) is 25.0. The third-order valence-corrected chi connectivity index (χ3v) is 11.1. The molecule has 1 amide bonds. The van der Waals surface area contributed by atoms with Gasteiger partial charge in [-0.3, -0.25) is 4.79 Å². The first-order valence-electron chi connectivity index (χ1n) is 13.3. The fourth-order valence-electron chi connectivity index (χ4n) is 7.99. The highest BCUT2D eigenvalue weighted by Crippen LogP contribution is 2.65.